The Labute approximate surface area is 192 Å². The maximum atomic E-state index is 12.8. The van der Waals surface area contributed by atoms with E-state index in [1.807, 2.05) is 30.3 Å². The second kappa shape index (κ2) is 9.49. The predicted octanol–water partition coefficient (Wildman–Crippen LogP) is 6.01. The van der Waals surface area contributed by atoms with Crippen molar-refractivity contribution in [2.75, 3.05) is 11.9 Å². The number of carbonyl (C=O) groups is 2. The lowest BCUT2D eigenvalue weighted by Gasteiger charge is -2.08. The zero-order valence-corrected chi connectivity index (χ0v) is 18.3. The van der Waals surface area contributed by atoms with Gasteiger partial charge < -0.3 is 14.5 Å². The summed E-state index contributed by atoms with van der Waals surface area (Å²) in [6, 6.07) is 18.3. The molecular formula is C24H18N2O6S. The van der Waals surface area contributed by atoms with E-state index in [1.165, 1.54) is 29.5 Å². The summed E-state index contributed by atoms with van der Waals surface area (Å²) in [5.41, 5.74) is 2.33. The molecule has 0 saturated heterocycles. The SMILES string of the molecule is CCOC(=O)c1c(-c2ccccc2)csc1NC(=O)c1ccc(-c2ccc([N+](=O)[O-])cc2)o1. The molecule has 0 aliphatic rings. The molecule has 0 unspecified atom stereocenters. The van der Waals surface area contributed by atoms with Crippen LogP contribution >= 0.6 is 11.3 Å². The molecule has 4 aromatic rings. The number of rotatable bonds is 7. The number of benzene rings is 2. The summed E-state index contributed by atoms with van der Waals surface area (Å²) in [4.78, 5) is 35.8. The summed E-state index contributed by atoms with van der Waals surface area (Å²) >= 11 is 1.22. The van der Waals surface area contributed by atoms with Gasteiger partial charge in [-0.1, -0.05) is 30.3 Å². The molecule has 0 spiro atoms. The van der Waals surface area contributed by atoms with Gasteiger partial charge in [-0.3, -0.25) is 14.9 Å². The minimum Gasteiger partial charge on any atom is -0.462 e. The Hall–Kier alpha value is -4.24. The van der Waals surface area contributed by atoms with Gasteiger partial charge in [0.2, 0.25) is 0 Å². The molecule has 0 radical (unpaired) electrons. The molecule has 2 aromatic carbocycles. The van der Waals surface area contributed by atoms with Gasteiger partial charge in [0, 0.05) is 28.6 Å². The van der Waals surface area contributed by atoms with Gasteiger partial charge in [-0.05, 0) is 36.8 Å². The summed E-state index contributed by atoms with van der Waals surface area (Å²) < 4.78 is 10.9. The van der Waals surface area contributed by atoms with Crippen molar-refractivity contribution in [1.29, 1.82) is 0 Å². The fourth-order valence-electron chi connectivity index (χ4n) is 3.21. The highest BCUT2D eigenvalue weighted by atomic mass is 32.1. The van der Waals surface area contributed by atoms with E-state index in [0.29, 0.717) is 21.9 Å². The van der Waals surface area contributed by atoms with Gasteiger partial charge in [0.25, 0.3) is 11.6 Å². The zero-order valence-electron chi connectivity index (χ0n) is 17.4. The van der Waals surface area contributed by atoms with Gasteiger partial charge in [0.05, 0.1) is 11.5 Å². The van der Waals surface area contributed by atoms with E-state index in [4.69, 9.17) is 9.15 Å². The van der Waals surface area contributed by atoms with Crippen LogP contribution in [0.2, 0.25) is 0 Å². The molecule has 8 nitrogen and oxygen atoms in total. The highest BCUT2D eigenvalue weighted by molar-refractivity contribution is 7.15. The standard InChI is InChI=1S/C24H18N2O6S/c1-2-31-24(28)21-18(15-6-4-3-5-7-15)14-33-23(21)25-22(27)20-13-12-19(32-20)16-8-10-17(11-9-16)26(29)30/h3-14H,2H2,1H3,(H,25,27). The van der Waals surface area contributed by atoms with Crippen LogP contribution in [0.15, 0.2) is 76.5 Å². The van der Waals surface area contributed by atoms with Gasteiger partial charge in [-0.2, -0.15) is 0 Å². The Morgan fingerprint density at radius 1 is 1.03 bits per heavy atom. The molecule has 166 valence electrons. The number of esters is 1. The van der Waals surface area contributed by atoms with Crippen LogP contribution in [0.5, 0.6) is 0 Å². The van der Waals surface area contributed by atoms with E-state index in [2.05, 4.69) is 5.32 Å². The minimum absolute atomic E-state index is 0.0350. The quantitative estimate of drug-likeness (QED) is 0.204. The molecule has 2 aromatic heterocycles. The average molecular weight is 462 g/mol. The Bertz CT molecular complexity index is 1310. The molecule has 2 heterocycles. The molecule has 4 rings (SSSR count). The molecule has 0 aliphatic heterocycles. The average Bonchev–Trinajstić information content (AvgIpc) is 3.48. The fraction of sp³-hybridized carbons (Fsp3) is 0.0833. The van der Waals surface area contributed by atoms with Crippen LogP contribution in [0.25, 0.3) is 22.5 Å². The summed E-state index contributed by atoms with van der Waals surface area (Å²) in [7, 11) is 0. The minimum atomic E-state index is -0.532. The third-order valence-electron chi connectivity index (χ3n) is 4.77. The topological polar surface area (TPSA) is 112 Å². The van der Waals surface area contributed by atoms with Crippen molar-refractivity contribution in [3.05, 3.63) is 93.5 Å². The van der Waals surface area contributed by atoms with Crippen LogP contribution in [-0.4, -0.2) is 23.4 Å². The smallest absolute Gasteiger partial charge is 0.341 e. The van der Waals surface area contributed by atoms with Crippen molar-refractivity contribution in [2.24, 2.45) is 0 Å². The predicted molar refractivity (Wildman–Crippen MR) is 124 cm³/mol. The number of hydrogen-bond acceptors (Lipinski definition) is 7. The van der Waals surface area contributed by atoms with Crippen molar-refractivity contribution < 1.29 is 23.7 Å². The number of amides is 1. The normalized spacial score (nSPS) is 10.6. The van der Waals surface area contributed by atoms with Crippen molar-refractivity contribution in [3.8, 4) is 22.5 Å². The largest absolute Gasteiger partial charge is 0.462 e. The molecule has 0 saturated carbocycles. The Kier molecular flexibility index (Phi) is 6.32. The van der Waals surface area contributed by atoms with Crippen LogP contribution in [0, 0.1) is 10.1 Å². The van der Waals surface area contributed by atoms with Crippen LogP contribution in [0.3, 0.4) is 0 Å². The molecule has 1 amide bonds. The van der Waals surface area contributed by atoms with Gasteiger partial charge in [0.1, 0.15) is 16.3 Å². The Balaban J connectivity index is 1.59. The molecule has 0 atom stereocenters. The maximum absolute atomic E-state index is 12.8. The molecule has 33 heavy (non-hydrogen) atoms. The van der Waals surface area contributed by atoms with Crippen LogP contribution in [-0.2, 0) is 4.74 Å². The molecular weight excluding hydrogens is 444 g/mol. The van der Waals surface area contributed by atoms with Crippen molar-refractivity contribution in [2.45, 2.75) is 6.92 Å². The third-order valence-corrected chi connectivity index (χ3v) is 5.67. The second-order valence-corrected chi connectivity index (χ2v) is 7.74. The monoisotopic (exact) mass is 462 g/mol. The number of nitrogens with zero attached hydrogens (tertiary/aromatic N) is 1. The fourth-order valence-corrected chi connectivity index (χ4v) is 4.17. The van der Waals surface area contributed by atoms with Gasteiger partial charge >= 0.3 is 5.97 Å². The summed E-state index contributed by atoms with van der Waals surface area (Å²) in [6.07, 6.45) is 0. The number of thiophene rings is 1. The number of carbonyl (C=O) groups excluding carboxylic acids is 2. The second-order valence-electron chi connectivity index (χ2n) is 6.86. The first-order chi connectivity index (χ1) is 16.0. The summed E-state index contributed by atoms with van der Waals surface area (Å²) in [6.45, 7) is 1.92. The van der Waals surface area contributed by atoms with E-state index in [1.54, 1.807) is 30.5 Å². The van der Waals surface area contributed by atoms with E-state index in [-0.39, 0.29) is 23.6 Å². The highest BCUT2D eigenvalue weighted by Gasteiger charge is 2.24. The van der Waals surface area contributed by atoms with Crippen LogP contribution in [0.4, 0.5) is 10.7 Å². The van der Waals surface area contributed by atoms with Crippen LogP contribution in [0.1, 0.15) is 27.8 Å². The number of furan rings is 1. The van der Waals surface area contributed by atoms with E-state index in [0.717, 1.165) is 5.56 Å². The number of nitro groups is 1. The highest BCUT2D eigenvalue weighted by Crippen LogP contribution is 2.36. The number of hydrogen-bond donors (Lipinski definition) is 1. The summed E-state index contributed by atoms with van der Waals surface area (Å²) in [5, 5.41) is 15.7. The van der Waals surface area contributed by atoms with Crippen molar-refractivity contribution in [3.63, 3.8) is 0 Å². The third kappa shape index (κ3) is 4.68. The Morgan fingerprint density at radius 2 is 1.76 bits per heavy atom. The number of nitro benzene ring substituents is 1. The van der Waals surface area contributed by atoms with Gasteiger partial charge in [-0.15, -0.1) is 11.3 Å². The molecule has 0 aliphatic carbocycles. The Morgan fingerprint density at radius 3 is 2.42 bits per heavy atom. The molecule has 0 bridgehead atoms. The molecule has 1 N–H and O–H groups in total. The summed E-state index contributed by atoms with van der Waals surface area (Å²) in [5.74, 6) is -0.640. The maximum Gasteiger partial charge on any atom is 0.341 e. The molecule has 0 fully saturated rings. The first-order valence-electron chi connectivity index (χ1n) is 9.98. The van der Waals surface area contributed by atoms with E-state index >= 15 is 0 Å². The van der Waals surface area contributed by atoms with E-state index in [9.17, 15) is 19.7 Å². The van der Waals surface area contributed by atoms with Crippen LogP contribution < -0.4 is 5.32 Å². The first-order valence-corrected chi connectivity index (χ1v) is 10.9. The lowest BCUT2D eigenvalue weighted by Crippen LogP contribution is -2.14. The number of nitrogens with one attached hydrogen (secondary N) is 1. The molecule has 9 heteroatoms. The van der Waals surface area contributed by atoms with E-state index < -0.39 is 16.8 Å². The lowest BCUT2D eigenvalue weighted by molar-refractivity contribution is -0.384. The van der Waals surface area contributed by atoms with Crippen molar-refractivity contribution in [1.82, 2.24) is 0 Å². The van der Waals surface area contributed by atoms with Gasteiger partial charge in [0.15, 0.2) is 5.76 Å². The first kappa shape index (κ1) is 22.0. The van der Waals surface area contributed by atoms with Crippen molar-refractivity contribution >= 4 is 33.9 Å². The number of anilines is 1. The van der Waals surface area contributed by atoms with Gasteiger partial charge in [-0.25, -0.2) is 4.79 Å². The zero-order chi connectivity index (χ0) is 23.4. The lowest BCUT2D eigenvalue weighted by atomic mass is 10.0. The number of ether oxygens (including phenoxy) is 1. The number of non-ortho nitro benzene ring substituents is 1.